The largest absolute Gasteiger partial charge is 0.466 e. The molecular weight excluding hydrogens is 332 g/mol. The van der Waals surface area contributed by atoms with E-state index in [1.807, 2.05) is 13.8 Å². The zero-order chi connectivity index (χ0) is 19.7. The molecule has 0 aromatic heterocycles. The Morgan fingerprint density at radius 1 is 0.760 bits per heavy atom. The molecule has 0 fully saturated rings. The van der Waals surface area contributed by atoms with Crippen LogP contribution in [0, 0.1) is 0 Å². The number of esters is 3. The molecule has 2 N–H and O–H groups in total. The molecule has 0 aliphatic carbocycles. The molecule has 0 spiro atoms. The van der Waals surface area contributed by atoms with Crippen molar-refractivity contribution in [2.24, 2.45) is 0 Å². The molecule has 25 heavy (non-hydrogen) atoms. The lowest BCUT2D eigenvalue weighted by atomic mass is 9.95. The maximum absolute atomic E-state index is 12.0. The molecular formula is C17H32O8. The molecule has 0 saturated carbocycles. The van der Waals surface area contributed by atoms with E-state index in [4.69, 9.17) is 19.3 Å². The normalized spacial score (nSPS) is 10.3. The fourth-order valence-corrected chi connectivity index (χ4v) is 1.55. The number of hydrogen-bond acceptors (Lipinski definition) is 8. The number of carbonyl (C=O) groups is 3. The van der Waals surface area contributed by atoms with Gasteiger partial charge in [0.05, 0.1) is 32.7 Å². The summed E-state index contributed by atoms with van der Waals surface area (Å²) >= 11 is 0. The first-order valence-electron chi connectivity index (χ1n) is 8.62. The van der Waals surface area contributed by atoms with Crippen LogP contribution in [-0.4, -0.2) is 60.1 Å². The highest BCUT2D eigenvalue weighted by Crippen LogP contribution is 2.20. The summed E-state index contributed by atoms with van der Waals surface area (Å²) in [4.78, 5) is 35.3. The first-order chi connectivity index (χ1) is 11.8. The fraction of sp³-hybridized carbons (Fsp3) is 0.824. The van der Waals surface area contributed by atoms with Crippen molar-refractivity contribution >= 4 is 17.9 Å². The maximum Gasteiger partial charge on any atom is 0.339 e. The molecule has 0 aromatic rings. The van der Waals surface area contributed by atoms with Gasteiger partial charge in [-0.1, -0.05) is 20.8 Å². The van der Waals surface area contributed by atoms with Crippen molar-refractivity contribution in [3.63, 3.8) is 0 Å². The van der Waals surface area contributed by atoms with Crippen LogP contribution in [0.3, 0.4) is 0 Å². The van der Waals surface area contributed by atoms with E-state index in [0.29, 0.717) is 19.3 Å². The van der Waals surface area contributed by atoms with Gasteiger partial charge in [-0.05, 0) is 26.2 Å². The van der Waals surface area contributed by atoms with Crippen molar-refractivity contribution in [1.29, 1.82) is 0 Å². The van der Waals surface area contributed by atoms with E-state index < -0.39 is 36.4 Å². The minimum Gasteiger partial charge on any atom is -0.466 e. The summed E-state index contributed by atoms with van der Waals surface area (Å²) in [6, 6.07) is 0. The van der Waals surface area contributed by atoms with Gasteiger partial charge >= 0.3 is 17.9 Å². The zero-order valence-electron chi connectivity index (χ0n) is 15.7. The molecule has 0 radical (unpaired) electrons. The molecule has 0 aliphatic rings. The van der Waals surface area contributed by atoms with Crippen LogP contribution in [0.4, 0.5) is 0 Å². The van der Waals surface area contributed by atoms with Crippen LogP contribution in [0.1, 0.15) is 59.8 Å². The van der Waals surface area contributed by atoms with Crippen LogP contribution in [0.2, 0.25) is 0 Å². The number of ether oxygens (including phenoxy) is 3. The van der Waals surface area contributed by atoms with Crippen molar-refractivity contribution in [3.8, 4) is 0 Å². The molecule has 0 aliphatic heterocycles. The molecule has 0 rings (SSSR count). The second-order valence-corrected chi connectivity index (χ2v) is 5.28. The lowest BCUT2D eigenvalue weighted by molar-refractivity contribution is -0.177. The molecule has 148 valence electrons. The first kappa shape index (κ1) is 25.6. The van der Waals surface area contributed by atoms with Crippen LogP contribution in [0.25, 0.3) is 0 Å². The van der Waals surface area contributed by atoms with E-state index >= 15 is 0 Å². The number of carbonyl (C=O) groups excluding carboxylic acids is 3. The fourth-order valence-electron chi connectivity index (χ4n) is 1.55. The SMILES string of the molecule is CCCOC(=O)CC(O)(CC(=O)OCCC)C(=O)OCCC.CCO. The Balaban J connectivity index is 0. The number of rotatable bonds is 11. The number of hydrogen-bond donors (Lipinski definition) is 2. The zero-order valence-corrected chi connectivity index (χ0v) is 15.7. The average molecular weight is 364 g/mol. The minimum absolute atomic E-state index is 0.0924. The second kappa shape index (κ2) is 15.8. The maximum atomic E-state index is 12.0. The third-order valence-electron chi connectivity index (χ3n) is 2.63. The summed E-state index contributed by atoms with van der Waals surface area (Å²) in [7, 11) is 0. The molecule has 0 bridgehead atoms. The average Bonchev–Trinajstić information content (AvgIpc) is 2.56. The van der Waals surface area contributed by atoms with E-state index in [2.05, 4.69) is 0 Å². The van der Waals surface area contributed by atoms with Crippen LogP contribution >= 0.6 is 0 Å². The third kappa shape index (κ3) is 13.3. The van der Waals surface area contributed by atoms with Crippen LogP contribution in [-0.2, 0) is 28.6 Å². The number of aliphatic hydroxyl groups is 2. The van der Waals surface area contributed by atoms with Gasteiger partial charge in [0.1, 0.15) is 0 Å². The van der Waals surface area contributed by atoms with Crippen molar-refractivity contribution in [3.05, 3.63) is 0 Å². The Morgan fingerprint density at radius 2 is 1.08 bits per heavy atom. The smallest absolute Gasteiger partial charge is 0.339 e. The Bertz CT molecular complexity index is 359. The van der Waals surface area contributed by atoms with Gasteiger partial charge in [-0.2, -0.15) is 0 Å². The van der Waals surface area contributed by atoms with Crippen LogP contribution < -0.4 is 0 Å². The van der Waals surface area contributed by atoms with Crippen LogP contribution in [0.5, 0.6) is 0 Å². The topological polar surface area (TPSA) is 119 Å². The predicted octanol–water partition coefficient (Wildman–Crippen LogP) is 1.36. The van der Waals surface area contributed by atoms with Gasteiger partial charge in [-0.25, -0.2) is 4.79 Å². The summed E-state index contributed by atoms with van der Waals surface area (Å²) in [6.45, 7) is 7.80. The van der Waals surface area contributed by atoms with E-state index in [1.165, 1.54) is 0 Å². The lowest BCUT2D eigenvalue weighted by Crippen LogP contribution is -2.45. The molecule has 0 amide bonds. The highest BCUT2D eigenvalue weighted by molar-refractivity contribution is 5.90. The van der Waals surface area contributed by atoms with E-state index in [-0.39, 0.29) is 26.4 Å². The summed E-state index contributed by atoms with van der Waals surface area (Å²) < 4.78 is 14.6. The molecule has 8 nitrogen and oxygen atoms in total. The minimum atomic E-state index is -2.26. The van der Waals surface area contributed by atoms with Gasteiger partial charge in [0, 0.05) is 6.61 Å². The van der Waals surface area contributed by atoms with E-state index in [9.17, 15) is 19.5 Å². The van der Waals surface area contributed by atoms with Gasteiger partial charge in [-0.3, -0.25) is 9.59 Å². The van der Waals surface area contributed by atoms with Gasteiger partial charge in [0.2, 0.25) is 0 Å². The summed E-state index contributed by atoms with van der Waals surface area (Å²) in [5, 5.41) is 17.9. The van der Waals surface area contributed by atoms with Crippen molar-refractivity contribution in [2.75, 3.05) is 26.4 Å². The van der Waals surface area contributed by atoms with Crippen molar-refractivity contribution in [1.82, 2.24) is 0 Å². The molecule has 0 unspecified atom stereocenters. The summed E-state index contributed by atoms with van der Waals surface area (Å²) in [5.74, 6) is -2.54. The second-order valence-electron chi connectivity index (χ2n) is 5.28. The molecule has 0 atom stereocenters. The lowest BCUT2D eigenvalue weighted by Gasteiger charge is -2.24. The Morgan fingerprint density at radius 3 is 1.40 bits per heavy atom. The van der Waals surface area contributed by atoms with Gasteiger partial charge in [0.15, 0.2) is 5.60 Å². The Labute approximate surface area is 149 Å². The van der Waals surface area contributed by atoms with Gasteiger partial charge in [-0.15, -0.1) is 0 Å². The monoisotopic (exact) mass is 364 g/mol. The molecule has 0 heterocycles. The number of aliphatic hydroxyl groups excluding tert-OH is 1. The van der Waals surface area contributed by atoms with Crippen molar-refractivity contribution < 1.29 is 38.8 Å². The summed E-state index contributed by atoms with van der Waals surface area (Å²) in [5.41, 5.74) is -2.26. The molecule has 8 heteroatoms. The molecule has 0 aromatic carbocycles. The highest BCUT2D eigenvalue weighted by atomic mass is 16.6. The van der Waals surface area contributed by atoms with Gasteiger partial charge in [0.25, 0.3) is 0 Å². The predicted molar refractivity (Wildman–Crippen MR) is 90.7 cm³/mol. The summed E-state index contributed by atoms with van der Waals surface area (Å²) in [6.07, 6.45) is 0.502. The highest BCUT2D eigenvalue weighted by Gasteiger charge is 2.43. The van der Waals surface area contributed by atoms with Crippen molar-refractivity contribution in [2.45, 2.75) is 65.4 Å². The van der Waals surface area contributed by atoms with E-state index in [0.717, 1.165) is 0 Å². The van der Waals surface area contributed by atoms with E-state index in [1.54, 1.807) is 13.8 Å². The Kier molecular flexibility index (Phi) is 16.2. The third-order valence-corrected chi connectivity index (χ3v) is 2.63. The first-order valence-corrected chi connectivity index (χ1v) is 8.62. The standard InChI is InChI=1S/C15H26O7.C2H6O/c1-4-7-20-12(16)10-15(19,14(18)22-9-6-3)11-13(17)21-8-5-2;1-2-3/h19H,4-11H2,1-3H3;3H,2H2,1H3. The van der Waals surface area contributed by atoms with Gasteiger partial charge < -0.3 is 24.4 Å². The Hall–Kier alpha value is -1.67. The van der Waals surface area contributed by atoms with Crippen LogP contribution in [0.15, 0.2) is 0 Å². The quantitative estimate of drug-likeness (QED) is 0.416. The molecule has 0 saturated heterocycles.